The number of aromatic nitrogens is 3. The number of hydrogen-bond acceptors (Lipinski definition) is 6. The second-order valence-electron chi connectivity index (χ2n) is 4.36. The molecule has 2 aromatic heterocycles. The van der Waals surface area contributed by atoms with Crippen molar-refractivity contribution < 1.29 is 9.32 Å². The fourth-order valence-corrected chi connectivity index (χ4v) is 1.46. The molecule has 1 amide bonds. The zero-order valence-corrected chi connectivity index (χ0v) is 11.0. The molecule has 0 aliphatic carbocycles. The van der Waals surface area contributed by atoms with Gasteiger partial charge in [0.25, 0.3) is 5.91 Å². The Labute approximate surface area is 110 Å². The minimum Gasteiger partial charge on any atom is -0.368 e. The van der Waals surface area contributed by atoms with E-state index >= 15 is 0 Å². The minimum absolute atomic E-state index is 0.226. The van der Waals surface area contributed by atoms with Gasteiger partial charge >= 0.3 is 0 Å². The van der Waals surface area contributed by atoms with Gasteiger partial charge in [-0.25, -0.2) is 9.97 Å². The highest BCUT2D eigenvalue weighted by Crippen LogP contribution is 2.10. The van der Waals surface area contributed by atoms with E-state index in [4.69, 9.17) is 4.52 Å². The van der Waals surface area contributed by atoms with Crippen molar-refractivity contribution in [3.8, 4) is 0 Å². The summed E-state index contributed by atoms with van der Waals surface area (Å²) in [4.78, 5) is 19.9. The Morgan fingerprint density at radius 3 is 2.68 bits per heavy atom. The third kappa shape index (κ3) is 3.51. The van der Waals surface area contributed by atoms with E-state index in [9.17, 15) is 4.79 Å². The molecule has 7 nitrogen and oxygen atoms in total. The Bertz CT molecular complexity index is 579. The summed E-state index contributed by atoms with van der Waals surface area (Å²) in [5.74, 6) is 1.23. The summed E-state index contributed by atoms with van der Waals surface area (Å²) in [6.45, 7) is 5.72. The van der Waals surface area contributed by atoms with Crippen LogP contribution in [0.2, 0.25) is 0 Å². The average Bonchev–Trinajstić information content (AvgIpc) is 2.74. The Kier molecular flexibility index (Phi) is 3.74. The van der Waals surface area contributed by atoms with E-state index in [1.54, 1.807) is 19.1 Å². The first-order valence-corrected chi connectivity index (χ1v) is 5.88. The van der Waals surface area contributed by atoms with Gasteiger partial charge in [-0.05, 0) is 20.8 Å². The molecule has 0 saturated heterocycles. The van der Waals surface area contributed by atoms with Crippen LogP contribution in [0.5, 0.6) is 0 Å². The summed E-state index contributed by atoms with van der Waals surface area (Å²) in [5, 5.41) is 9.39. The van der Waals surface area contributed by atoms with Crippen molar-refractivity contribution in [3.05, 3.63) is 29.9 Å². The van der Waals surface area contributed by atoms with E-state index in [0.29, 0.717) is 17.4 Å². The molecule has 0 bridgehead atoms. The molecule has 100 valence electrons. The van der Waals surface area contributed by atoms with Gasteiger partial charge in [0.15, 0.2) is 5.82 Å². The Morgan fingerprint density at radius 1 is 1.26 bits per heavy atom. The molecule has 0 unspecified atom stereocenters. The number of amides is 1. The van der Waals surface area contributed by atoms with Gasteiger partial charge in [0.05, 0.1) is 0 Å². The molecule has 2 N–H and O–H groups in total. The zero-order chi connectivity index (χ0) is 13.8. The van der Waals surface area contributed by atoms with Crippen molar-refractivity contribution in [2.24, 2.45) is 0 Å². The number of anilines is 2. The highest BCUT2D eigenvalue weighted by Gasteiger charge is 2.11. The smallest absolute Gasteiger partial charge is 0.275 e. The fourth-order valence-electron chi connectivity index (χ4n) is 1.46. The van der Waals surface area contributed by atoms with Gasteiger partial charge in [-0.1, -0.05) is 5.16 Å². The minimum atomic E-state index is -0.359. The molecular weight excluding hydrogens is 246 g/mol. The molecule has 0 fully saturated rings. The number of nitrogens with one attached hydrogen (secondary N) is 2. The third-order valence-electron chi connectivity index (χ3n) is 2.21. The number of carbonyl (C=O) groups excluding carboxylic acids is 1. The lowest BCUT2D eigenvalue weighted by Crippen LogP contribution is -2.16. The topological polar surface area (TPSA) is 92.9 Å². The fraction of sp³-hybridized carbons (Fsp3) is 0.333. The monoisotopic (exact) mass is 261 g/mol. The molecule has 19 heavy (non-hydrogen) atoms. The maximum absolute atomic E-state index is 12.0. The zero-order valence-electron chi connectivity index (χ0n) is 11.0. The molecule has 2 rings (SSSR count). The maximum atomic E-state index is 12.0. The van der Waals surface area contributed by atoms with E-state index < -0.39 is 0 Å². The van der Waals surface area contributed by atoms with Gasteiger partial charge in [0, 0.05) is 18.2 Å². The Morgan fingerprint density at radius 2 is 2.05 bits per heavy atom. The molecule has 0 aromatic carbocycles. The van der Waals surface area contributed by atoms with Crippen molar-refractivity contribution in [2.45, 2.75) is 26.8 Å². The molecule has 0 radical (unpaired) electrons. The predicted molar refractivity (Wildman–Crippen MR) is 70.0 cm³/mol. The molecule has 2 heterocycles. The number of rotatable bonds is 4. The van der Waals surface area contributed by atoms with Crippen LogP contribution in [0.25, 0.3) is 0 Å². The van der Waals surface area contributed by atoms with Crippen LogP contribution in [0.15, 0.2) is 23.0 Å². The van der Waals surface area contributed by atoms with E-state index in [1.807, 2.05) is 13.8 Å². The van der Waals surface area contributed by atoms with E-state index in [2.05, 4.69) is 25.8 Å². The van der Waals surface area contributed by atoms with Gasteiger partial charge in [-0.3, -0.25) is 4.79 Å². The quantitative estimate of drug-likeness (QED) is 0.872. The summed E-state index contributed by atoms with van der Waals surface area (Å²) in [6, 6.07) is 3.44. The molecule has 0 aliphatic heterocycles. The number of nitrogens with zero attached hydrogens (tertiary/aromatic N) is 3. The molecular formula is C12H15N5O2. The van der Waals surface area contributed by atoms with E-state index in [-0.39, 0.29) is 17.6 Å². The van der Waals surface area contributed by atoms with Crippen molar-refractivity contribution in [3.63, 3.8) is 0 Å². The second-order valence-corrected chi connectivity index (χ2v) is 4.36. The van der Waals surface area contributed by atoms with Crippen molar-refractivity contribution in [1.29, 1.82) is 0 Å². The van der Waals surface area contributed by atoms with Crippen molar-refractivity contribution in [2.75, 3.05) is 10.6 Å². The molecule has 0 spiro atoms. The van der Waals surface area contributed by atoms with Gasteiger partial charge in [0.2, 0.25) is 0 Å². The first-order valence-electron chi connectivity index (χ1n) is 5.88. The number of aryl methyl sites for hydroxylation is 1. The van der Waals surface area contributed by atoms with Crippen LogP contribution in [-0.4, -0.2) is 27.1 Å². The van der Waals surface area contributed by atoms with Gasteiger partial charge in [0.1, 0.15) is 23.6 Å². The molecule has 7 heteroatoms. The lowest BCUT2D eigenvalue weighted by molar-refractivity contribution is 0.102. The Balaban J connectivity index is 2.10. The Hall–Kier alpha value is -2.44. The van der Waals surface area contributed by atoms with Crippen molar-refractivity contribution >= 4 is 17.5 Å². The molecule has 0 atom stereocenters. The van der Waals surface area contributed by atoms with Crippen LogP contribution in [0.3, 0.4) is 0 Å². The first kappa shape index (κ1) is 13.0. The molecule has 0 saturated carbocycles. The summed E-state index contributed by atoms with van der Waals surface area (Å²) >= 11 is 0. The van der Waals surface area contributed by atoms with Crippen LogP contribution in [-0.2, 0) is 0 Å². The normalized spacial score (nSPS) is 10.5. The van der Waals surface area contributed by atoms with E-state index in [0.717, 1.165) is 0 Å². The van der Waals surface area contributed by atoms with Gasteiger partial charge in [-0.2, -0.15) is 0 Å². The third-order valence-corrected chi connectivity index (χ3v) is 2.21. The lowest BCUT2D eigenvalue weighted by Gasteiger charge is -2.09. The molecule has 0 aliphatic rings. The highest BCUT2D eigenvalue weighted by atomic mass is 16.5. The average molecular weight is 261 g/mol. The SMILES string of the molecule is Cc1cc(NC(=O)c2cc(NC(C)C)ncn2)no1. The summed E-state index contributed by atoms with van der Waals surface area (Å²) < 4.78 is 4.87. The van der Waals surface area contributed by atoms with E-state index in [1.165, 1.54) is 6.33 Å². The standard InChI is InChI=1S/C12H15N5O2/c1-7(2)15-10-5-9(13-6-14-10)12(18)16-11-4-8(3)19-17-11/h4-7H,1-3H3,(H,13,14,15)(H,16,17,18). The number of carbonyl (C=O) groups is 1. The predicted octanol–water partition coefficient (Wildman–Crippen LogP) is 1.85. The lowest BCUT2D eigenvalue weighted by atomic mass is 10.3. The summed E-state index contributed by atoms with van der Waals surface area (Å²) in [7, 11) is 0. The van der Waals surface area contributed by atoms with Crippen molar-refractivity contribution in [1.82, 2.24) is 15.1 Å². The molecule has 2 aromatic rings. The van der Waals surface area contributed by atoms with Gasteiger partial charge < -0.3 is 15.2 Å². The van der Waals surface area contributed by atoms with Crippen LogP contribution in [0, 0.1) is 6.92 Å². The van der Waals surface area contributed by atoms with Crippen LogP contribution in [0.1, 0.15) is 30.1 Å². The van der Waals surface area contributed by atoms with Crippen LogP contribution >= 0.6 is 0 Å². The van der Waals surface area contributed by atoms with Crippen LogP contribution < -0.4 is 10.6 Å². The maximum Gasteiger partial charge on any atom is 0.275 e. The van der Waals surface area contributed by atoms with Gasteiger partial charge in [-0.15, -0.1) is 0 Å². The second kappa shape index (κ2) is 5.47. The summed E-state index contributed by atoms with van der Waals surface area (Å²) in [6.07, 6.45) is 1.34. The van der Waals surface area contributed by atoms with Crippen LogP contribution in [0.4, 0.5) is 11.6 Å². The number of hydrogen-bond donors (Lipinski definition) is 2. The first-order chi connectivity index (χ1) is 9.04. The summed E-state index contributed by atoms with van der Waals surface area (Å²) in [5.41, 5.74) is 0.263. The highest BCUT2D eigenvalue weighted by molar-refractivity contribution is 6.02. The largest absolute Gasteiger partial charge is 0.368 e.